The molecule has 0 unspecified atom stereocenters. The van der Waals surface area contributed by atoms with Gasteiger partial charge in [0.25, 0.3) is 23.3 Å². The summed E-state index contributed by atoms with van der Waals surface area (Å²) in [7, 11) is 0. The van der Waals surface area contributed by atoms with E-state index in [2.05, 4.69) is 10.6 Å². The van der Waals surface area contributed by atoms with E-state index >= 15 is 0 Å². The predicted octanol–water partition coefficient (Wildman–Crippen LogP) is -0.575. The van der Waals surface area contributed by atoms with E-state index in [1.54, 1.807) is 12.1 Å². The minimum Gasteiger partial charge on any atom is -0.491 e. The number of hydrogen-bond acceptors (Lipinski definition) is 6. The lowest BCUT2D eigenvalue weighted by Crippen LogP contribution is -2.26. The van der Waals surface area contributed by atoms with Gasteiger partial charge in [-0.05, 0) is 18.2 Å². The fraction of sp³-hybridized carbons (Fsp3) is 0.125. The average molecular weight is 340 g/mol. The number of nitrogens with two attached hydrogens (primary N) is 1. The quantitative estimate of drug-likeness (QED) is 0.595. The van der Waals surface area contributed by atoms with Crippen molar-refractivity contribution in [3.05, 3.63) is 51.3 Å². The molecule has 126 valence electrons. The number of rotatable bonds is 1. The molecule has 0 atom stereocenters. The Morgan fingerprint density at radius 1 is 1.00 bits per heavy atom. The number of anilines is 1. The average Bonchev–Trinajstić information content (AvgIpc) is 2.74. The summed E-state index contributed by atoms with van der Waals surface area (Å²) in [6.07, 6.45) is 0. The molecular weight excluding hydrogens is 328 g/mol. The second-order valence-corrected chi connectivity index (χ2v) is 5.56. The van der Waals surface area contributed by atoms with Crippen LogP contribution in [0.5, 0.6) is 5.75 Å². The largest absolute Gasteiger partial charge is 0.491 e. The molecule has 4 N–H and O–H groups in total. The van der Waals surface area contributed by atoms with Crippen LogP contribution in [0.4, 0.5) is 5.82 Å². The van der Waals surface area contributed by atoms with E-state index in [4.69, 9.17) is 10.5 Å². The van der Waals surface area contributed by atoms with Gasteiger partial charge in [-0.15, -0.1) is 0 Å². The van der Waals surface area contributed by atoms with Crippen LogP contribution in [0.15, 0.2) is 29.1 Å². The van der Waals surface area contributed by atoms with E-state index in [1.165, 1.54) is 6.07 Å². The highest BCUT2D eigenvalue weighted by Gasteiger charge is 2.32. The van der Waals surface area contributed by atoms with Crippen LogP contribution in [-0.2, 0) is 0 Å². The van der Waals surface area contributed by atoms with E-state index in [9.17, 15) is 19.2 Å². The Hall–Kier alpha value is -3.62. The Kier molecular flexibility index (Phi) is 3.11. The summed E-state index contributed by atoms with van der Waals surface area (Å²) >= 11 is 0. The van der Waals surface area contributed by atoms with Gasteiger partial charge >= 0.3 is 0 Å². The molecule has 1 aromatic carbocycles. The third kappa shape index (κ3) is 2.17. The maximum Gasteiger partial charge on any atom is 0.262 e. The third-order valence-electron chi connectivity index (χ3n) is 4.06. The number of hydrogen-bond donors (Lipinski definition) is 3. The Bertz CT molecular complexity index is 1020. The summed E-state index contributed by atoms with van der Waals surface area (Å²) in [5.74, 6) is -1.44. The number of imide groups is 1. The molecule has 2 aliphatic rings. The molecule has 3 heterocycles. The molecule has 0 saturated heterocycles. The zero-order valence-electron chi connectivity index (χ0n) is 12.8. The fourth-order valence-electron chi connectivity index (χ4n) is 2.93. The molecule has 0 fully saturated rings. The van der Waals surface area contributed by atoms with E-state index in [-0.39, 0.29) is 34.1 Å². The van der Waals surface area contributed by atoms with Crippen molar-refractivity contribution in [1.82, 2.24) is 15.2 Å². The van der Waals surface area contributed by atoms with Crippen molar-refractivity contribution in [2.75, 3.05) is 18.9 Å². The zero-order valence-corrected chi connectivity index (χ0v) is 12.8. The van der Waals surface area contributed by atoms with Crippen molar-refractivity contribution in [3.8, 4) is 11.4 Å². The van der Waals surface area contributed by atoms with Gasteiger partial charge < -0.3 is 15.8 Å². The molecule has 0 bridgehead atoms. The molecule has 0 spiro atoms. The van der Waals surface area contributed by atoms with Gasteiger partial charge in [-0.25, -0.2) is 0 Å². The summed E-state index contributed by atoms with van der Waals surface area (Å²) < 4.78 is 6.54. The maximum atomic E-state index is 12.4. The summed E-state index contributed by atoms with van der Waals surface area (Å²) in [5.41, 5.74) is 5.82. The molecule has 9 heteroatoms. The van der Waals surface area contributed by atoms with Crippen molar-refractivity contribution in [2.45, 2.75) is 0 Å². The fourth-order valence-corrected chi connectivity index (χ4v) is 2.93. The van der Waals surface area contributed by atoms with Gasteiger partial charge in [0.1, 0.15) is 18.2 Å². The molecule has 9 nitrogen and oxygen atoms in total. The molecule has 3 amide bonds. The van der Waals surface area contributed by atoms with Gasteiger partial charge in [0, 0.05) is 6.07 Å². The van der Waals surface area contributed by atoms with Gasteiger partial charge in [-0.2, -0.15) is 0 Å². The number of aromatic nitrogens is 1. The van der Waals surface area contributed by atoms with Crippen LogP contribution in [0.2, 0.25) is 0 Å². The highest BCUT2D eigenvalue weighted by molar-refractivity contribution is 6.23. The Labute approximate surface area is 140 Å². The number of nitrogens with one attached hydrogen (secondary N) is 2. The first-order chi connectivity index (χ1) is 12.0. The van der Waals surface area contributed by atoms with Crippen LogP contribution >= 0.6 is 0 Å². The normalized spacial score (nSPS) is 15.6. The topological polar surface area (TPSA) is 133 Å². The summed E-state index contributed by atoms with van der Waals surface area (Å²) in [4.78, 5) is 48.2. The van der Waals surface area contributed by atoms with Gasteiger partial charge in [0.15, 0.2) is 0 Å². The van der Waals surface area contributed by atoms with Gasteiger partial charge in [0.2, 0.25) is 0 Å². The molecule has 4 rings (SSSR count). The van der Waals surface area contributed by atoms with Crippen molar-refractivity contribution in [1.29, 1.82) is 0 Å². The van der Waals surface area contributed by atoms with Crippen molar-refractivity contribution < 1.29 is 19.1 Å². The highest BCUT2D eigenvalue weighted by atomic mass is 16.5. The van der Waals surface area contributed by atoms with Gasteiger partial charge in [0.05, 0.1) is 28.9 Å². The number of pyridine rings is 1. The highest BCUT2D eigenvalue weighted by Crippen LogP contribution is 2.27. The zero-order chi connectivity index (χ0) is 17.7. The van der Waals surface area contributed by atoms with Crippen LogP contribution < -0.4 is 26.7 Å². The number of amides is 3. The van der Waals surface area contributed by atoms with E-state index in [1.807, 2.05) is 0 Å². The predicted molar refractivity (Wildman–Crippen MR) is 86.1 cm³/mol. The second kappa shape index (κ2) is 5.20. The molecule has 0 aliphatic carbocycles. The van der Waals surface area contributed by atoms with Crippen LogP contribution in [0, 0.1) is 0 Å². The first-order valence-corrected chi connectivity index (χ1v) is 7.44. The van der Waals surface area contributed by atoms with Crippen molar-refractivity contribution in [3.63, 3.8) is 0 Å². The maximum absolute atomic E-state index is 12.4. The van der Waals surface area contributed by atoms with Crippen LogP contribution in [0.1, 0.15) is 31.1 Å². The lowest BCUT2D eigenvalue weighted by Gasteiger charge is -2.14. The molecule has 0 saturated carbocycles. The van der Waals surface area contributed by atoms with Crippen molar-refractivity contribution >= 4 is 23.5 Å². The molecule has 0 radical (unpaired) electrons. The van der Waals surface area contributed by atoms with Crippen LogP contribution in [-0.4, -0.2) is 35.4 Å². The number of benzene rings is 1. The van der Waals surface area contributed by atoms with E-state index in [0.29, 0.717) is 18.9 Å². The molecule has 25 heavy (non-hydrogen) atoms. The molecule has 1 aromatic heterocycles. The van der Waals surface area contributed by atoms with Crippen LogP contribution in [0.25, 0.3) is 5.69 Å². The first-order valence-electron chi connectivity index (χ1n) is 7.44. The lowest BCUT2D eigenvalue weighted by atomic mass is 10.1. The first kappa shape index (κ1) is 14.9. The number of fused-ring (bicyclic) bond motifs is 2. The molecular formula is C16H12N4O5. The van der Waals surface area contributed by atoms with Crippen LogP contribution in [0.3, 0.4) is 0 Å². The van der Waals surface area contributed by atoms with E-state index < -0.39 is 17.4 Å². The van der Waals surface area contributed by atoms with Crippen molar-refractivity contribution in [2.24, 2.45) is 0 Å². The summed E-state index contributed by atoms with van der Waals surface area (Å²) in [5, 5.41) is 4.77. The Balaban J connectivity index is 1.94. The summed E-state index contributed by atoms with van der Waals surface area (Å²) in [6.45, 7) is 0.702. The number of ether oxygens (including phenoxy) is 1. The smallest absolute Gasteiger partial charge is 0.262 e. The number of nitrogens with zero attached hydrogens (tertiary/aromatic N) is 1. The molecule has 2 aliphatic heterocycles. The van der Waals surface area contributed by atoms with Gasteiger partial charge in [-0.3, -0.25) is 29.1 Å². The number of carbonyl (C=O) groups is 3. The van der Waals surface area contributed by atoms with E-state index in [0.717, 1.165) is 10.6 Å². The Morgan fingerprint density at radius 3 is 2.60 bits per heavy atom. The Morgan fingerprint density at radius 2 is 1.80 bits per heavy atom. The standard InChI is InChI=1S/C16H12N4O5/c17-13-12-9(15(23)19-16(12)24)6-11(21)20(13)7-1-2-10-8(5-7)14(22)18-3-4-25-10/h1-2,5-6H,3-4,17H2,(H,18,22)(H,19,23,24). The minimum absolute atomic E-state index is 0.0553. The second-order valence-electron chi connectivity index (χ2n) is 5.56. The monoisotopic (exact) mass is 340 g/mol. The lowest BCUT2D eigenvalue weighted by molar-refractivity contribution is 0.0878. The summed E-state index contributed by atoms with van der Waals surface area (Å²) in [6, 6.07) is 5.61. The third-order valence-corrected chi connectivity index (χ3v) is 4.06. The SMILES string of the molecule is Nc1c2c(cc(=O)n1-c1ccc3c(c1)C(=O)NCCO3)C(=O)NC2=O. The van der Waals surface area contributed by atoms with Gasteiger partial charge in [-0.1, -0.05) is 0 Å². The number of carbonyl (C=O) groups excluding carboxylic acids is 3. The molecule has 2 aromatic rings. The number of nitrogen functional groups attached to an aromatic ring is 1. The minimum atomic E-state index is -0.665.